The number of piperidine rings is 1. The Morgan fingerprint density at radius 2 is 2.09 bits per heavy atom. The zero-order valence-corrected chi connectivity index (χ0v) is 12.8. The monoisotopic (exact) mass is 312 g/mol. The highest BCUT2D eigenvalue weighted by Gasteiger charge is 2.25. The van der Waals surface area contributed by atoms with Gasteiger partial charge in [0.1, 0.15) is 5.82 Å². The molecule has 1 aromatic carbocycles. The summed E-state index contributed by atoms with van der Waals surface area (Å²) < 4.78 is 31.6. The number of carbonyl (C=O) groups excluding carboxylic acids is 1. The molecule has 122 valence electrons. The highest BCUT2D eigenvalue weighted by molar-refractivity contribution is 5.78. The molecular formula is C16H22F2N2O2. The molecule has 0 atom stereocenters. The van der Waals surface area contributed by atoms with Gasteiger partial charge in [0.2, 0.25) is 0 Å². The van der Waals surface area contributed by atoms with E-state index in [0.717, 1.165) is 44.5 Å². The lowest BCUT2D eigenvalue weighted by atomic mass is 10.0. The first-order valence-electron chi connectivity index (χ1n) is 7.70. The lowest BCUT2D eigenvalue weighted by Crippen LogP contribution is -2.48. The molecule has 4 nitrogen and oxygen atoms in total. The smallest absolute Gasteiger partial charge is 0.260 e. The third-order valence-electron chi connectivity index (χ3n) is 3.78. The van der Waals surface area contributed by atoms with Crippen LogP contribution < -0.4 is 10.1 Å². The number of nitrogens with one attached hydrogen (secondary N) is 1. The number of rotatable bonds is 6. The minimum atomic E-state index is -0.795. The fourth-order valence-corrected chi connectivity index (χ4v) is 2.68. The molecule has 1 saturated heterocycles. The summed E-state index contributed by atoms with van der Waals surface area (Å²) in [4.78, 5) is 14.2. The van der Waals surface area contributed by atoms with Crippen molar-refractivity contribution >= 4 is 5.91 Å². The standard InChI is InChI=1S/C16H22F2N2O2/c1-2-9-20(13-5-7-19-8-6-13)16(21)11-22-15-4-3-12(17)10-14(15)18/h3-4,10,13,19H,2,5-9,11H2,1H3. The highest BCUT2D eigenvalue weighted by Crippen LogP contribution is 2.18. The van der Waals surface area contributed by atoms with E-state index in [2.05, 4.69) is 5.32 Å². The third-order valence-corrected chi connectivity index (χ3v) is 3.78. The molecule has 0 unspecified atom stereocenters. The first kappa shape index (κ1) is 16.7. The number of hydrogen-bond acceptors (Lipinski definition) is 3. The van der Waals surface area contributed by atoms with Crippen molar-refractivity contribution in [3.05, 3.63) is 29.8 Å². The lowest BCUT2D eigenvalue weighted by Gasteiger charge is -2.34. The summed E-state index contributed by atoms with van der Waals surface area (Å²) in [7, 11) is 0. The number of benzene rings is 1. The quantitative estimate of drug-likeness (QED) is 0.876. The van der Waals surface area contributed by atoms with E-state index in [1.54, 1.807) is 0 Å². The van der Waals surface area contributed by atoms with Crippen molar-refractivity contribution in [2.75, 3.05) is 26.2 Å². The largest absolute Gasteiger partial charge is 0.481 e. The molecule has 1 aliphatic heterocycles. The number of nitrogens with zero attached hydrogens (tertiary/aromatic N) is 1. The van der Waals surface area contributed by atoms with E-state index in [1.807, 2.05) is 11.8 Å². The summed E-state index contributed by atoms with van der Waals surface area (Å²) in [6.45, 7) is 4.24. The van der Waals surface area contributed by atoms with Crippen molar-refractivity contribution in [3.63, 3.8) is 0 Å². The Morgan fingerprint density at radius 1 is 1.36 bits per heavy atom. The van der Waals surface area contributed by atoms with Crippen molar-refractivity contribution in [3.8, 4) is 5.75 Å². The Bertz CT molecular complexity index is 505. The Hall–Kier alpha value is -1.69. The van der Waals surface area contributed by atoms with E-state index >= 15 is 0 Å². The van der Waals surface area contributed by atoms with Gasteiger partial charge in [0.05, 0.1) is 0 Å². The molecule has 1 heterocycles. The van der Waals surface area contributed by atoms with Crippen LogP contribution in [0.25, 0.3) is 0 Å². The van der Waals surface area contributed by atoms with E-state index in [1.165, 1.54) is 6.07 Å². The number of halogens is 2. The first-order valence-corrected chi connectivity index (χ1v) is 7.70. The molecule has 0 bridgehead atoms. The van der Waals surface area contributed by atoms with E-state index in [4.69, 9.17) is 4.74 Å². The molecule has 0 aromatic heterocycles. The first-order chi connectivity index (χ1) is 10.6. The maximum absolute atomic E-state index is 13.5. The van der Waals surface area contributed by atoms with E-state index < -0.39 is 11.6 Å². The molecule has 0 aliphatic carbocycles. The topological polar surface area (TPSA) is 41.6 Å². The molecule has 0 spiro atoms. The van der Waals surface area contributed by atoms with Gasteiger partial charge in [0, 0.05) is 18.7 Å². The predicted molar refractivity (Wildman–Crippen MR) is 79.7 cm³/mol. The second-order valence-corrected chi connectivity index (χ2v) is 5.43. The predicted octanol–water partition coefficient (Wildman–Crippen LogP) is 2.33. The van der Waals surface area contributed by atoms with Gasteiger partial charge in [0.25, 0.3) is 5.91 Å². The van der Waals surface area contributed by atoms with Crippen LogP contribution in [0.5, 0.6) is 5.75 Å². The summed E-state index contributed by atoms with van der Waals surface area (Å²) in [5.41, 5.74) is 0. The van der Waals surface area contributed by atoms with Crippen LogP contribution in [0.1, 0.15) is 26.2 Å². The molecule has 6 heteroatoms. The van der Waals surface area contributed by atoms with Gasteiger partial charge in [-0.1, -0.05) is 6.92 Å². The summed E-state index contributed by atoms with van der Waals surface area (Å²) in [6.07, 6.45) is 2.69. The number of carbonyl (C=O) groups is 1. The van der Waals surface area contributed by atoms with Crippen LogP contribution in [-0.4, -0.2) is 43.1 Å². The fraction of sp³-hybridized carbons (Fsp3) is 0.562. The summed E-state index contributed by atoms with van der Waals surface area (Å²) in [6, 6.07) is 3.26. The van der Waals surface area contributed by atoms with Gasteiger partial charge in [-0.05, 0) is 44.5 Å². The second kappa shape index (κ2) is 8.08. The normalized spacial score (nSPS) is 15.6. The Morgan fingerprint density at radius 3 is 2.73 bits per heavy atom. The van der Waals surface area contributed by atoms with E-state index in [0.29, 0.717) is 6.54 Å². The third kappa shape index (κ3) is 4.40. The van der Waals surface area contributed by atoms with Gasteiger partial charge < -0.3 is 15.0 Å². The molecule has 0 radical (unpaired) electrons. The van der Waals surface area contributed by atoms with Crippen LogP contribution in [0.3, 0.4) is 0 Å². The zero-order chi connectivity index (χ0) is 15.9. The summed E-state index contributed by atoms with van der Waals surface area (Å²) in [5.74, 6) is -1.72. The van der Waals surface area contributed by atoms with Crippen molar-refractivity contribution in [1.82, 2.24) is 10.2 Å². The van der Waals surface area contributed by atoms with E-state index in [9.17, 15) is 13.6 Å². The number of ether oxygens (including phenoxy) is 1. The Kier molecular flexibility index (Phi) is 6.12. The van der Waals surface area contributed by atoms with Gasteiger partial charge in [-0.2, -0.15) is 0 Å². The van der Waals surface area contributed by atoms with E-state index in [-0.39, 0.29) is 24.3 Å². The van der Waals surface area contributed by atoms with Gasteiger partial charge in [-0.15, -0.1) is 0 Å². The van der Waals surface area contributed by atoms with Crippen molar-refractivity contribution in [1.29, 1.82) is 0 Å². The molecule has 1 aromatic rings. The molecule has 1 fully saturated rings. The maximum Gasteiger partial charge on any atom is 0.260 e. The Balaban J connectivity index is 1.95. The van der Waals surface area contributed by atoms with Crippen LogP contribution >= 0.6 is 0 Å². The lowest BCUT2D eigenvalue weighted by molar-refractivity contribution is -0.136. The number of hydrogen-bond donors (Lipinski definition) is 1. The molecule has 1 amide bonds. The van der Waals surface area contributed by atoms with Crippen LogP contribution in [0.2, 0.25) is 0 Å². The van der Waals surface area contributed by atoms with Gasteiger partial charge in [-0.3, -0.25) is 4.79 Å². The molecule has 2 rings (SSSR count). The molecule has 0 saturated carbocycles. The van der Waals surface area contributed by atoms with Crippen LogP contribution in [-0.2, 0) is 4.79 Å². The van der Waals surface area contributed by atoms with Gasteiger partial charge in [-0.25, -0.2) is 8.78 Å². The molecule has 1 aliphatic rings. The minimum absolute atomic E-state index is 0.100. The van der Waals surface area contributed by atoms with Crippen molar-refractivity contribution in [2.45, 2.75) is 32.2 Å². The van der Waals surface area contributed by atoms with Crippen LogP contribution in [0.4, 0.5) is 8.78 Å². The van der Waals surface area contributed by atoms with Crippen LogP contribution in [0.15, 0.2) is 18.2 Å². The fourth-order valence-electron chi connectivity index (χ4n) is 2.68. The Labute approximate surface area is 129 Å². The molecule has 1 N–H and O–H groups in total. The summed E-state index contributed by atoms with van der Waals surface area (Å²) in [5, 5.41) is 3.27. The summed E-state index contributed by atoms with van der Waals surface area (Å²) >= 11 is 0. The average Bonchev–Trinajstić information content (AvgIpc) is 2.52. The molecule has 22 heavy (non-hydrogen) atoms. The SMILES string of the molecule is CCCN(C(=O)COc1ccc(F)cc1F)C1CCNCC1. The highest BCUT2D eigenvalue weighted by atomic mass is 19.1. The van der Waals surface area contributed by atoms with Gasteiger partial charge in [0.15, 0.2) is 18.2 Å². The second-order valence-electron chi connectivity index (χ2n) is 5.43. The average molecular weight is 312 g/mol. The van der Waals surface area contributed by atoms with Crippen LogP contribution in [0, 0.1) is 11.6 Å². The zero-order valence-electron chi connectivity index (χ0n) is 12.8. The van der Waals surface area contributed by atoms with Crippen molar-refractivity contribution in [2.24, 2.45) is 0 Å². The van der Waals surface area contributed by atoms with Gasteiger partial charge >= 0.3 is 0 Å². The minimum Gasteiger partial charge on any atom is -0.481 e. The van der Waals surface area contributed by atoms with Crippen molar-refractivity contribution < 1.29 is 18.3 Å². The maximum atomic E-state index is 13.5. The number of amides is 1. The molecular weight excluding hydrogens is 290 g/mol.